The van der Waals surface area contributed by atoms with Crippen molar-refractivity contribution in [3.8, 4) is 33.4 Å². The summed E-state index contributed by atoms with van der Waals surface area (Å²) < 4.78 is 0. The second-order valence-corrected chi connectivity index (χ2v) is 12.5. The van der Waals surface area contributed by atoms with Crippen LogP contribution in [0, 0.1) is 0 Å². The smallest absolute Gasteiger partial charge is 0.0546 e. The first-order valence-electron chi connectivity index (χ1n) is 16.9. The van der Waals surface area contributed by atoms with Gasteiger partial charge in [0.1, 0.15) is 0 Å². The molecule has 0 aromatic heterocycles. The summed E-state index contributed by atoms with van der Waals surface area (Å²) in [6.07, 6.45) is 0. The molecule has 0 aliphatic carbocycles. The van der Waals surface area contributed by atoms with Crippen molar-refractivity contribution in [1.29, 1.82) is 0 Å². The molecule has 0 saturated heterocycles. The zero-order chi connectivity index (χ0) is 32.6. The molecule has 0 aliphatic heterocycles. The van der Waals surface area contributed by atoms with Crippen LogP contribution in [-0.4, -0.2) is 0 Å². The maximum absolute atomic E-state index is 2.45. The van der Waals surface area contributed by atoms with Crippen LogP contribution in [0.4, 0.5) is 17.1 Å². The van der Waals surface area contributed by atoms with E-state index < -0.39 is 0 Å². The highest BCUT2D eigenvalue weighted by Crippen LogP contribution is 2.49. The lowest BCUT2D eigenvalue weighted by atomic mass is 9.87. The number of hydrogen-bond donors (Lipinski definition) is 0. The molecule has 0 spiro atoms. The minimum atomic E-state index is 1.11. The van der Waals surface area contributed by atoms with E-state index in [9.17, 15) is 0 Å². The Bertz CT molecular complexity index is 2580. The van der Waals surface area contributed by atoms with E-state index in [1.54, 1.807) is 0 Å². The first kappa shape index (κ1) is 28.8. The van der Waals surface area contributed by atoms with Crippen LogP contribution in [0.2, 0.25) is 0 Å². The van der Waals surface area contributed by atoms with Gasteiger partial charge >= 0.3 is 0 Å². The molecule has 1 nitrogen and oxygen atoms in total. The van der Waals surface area contributed by atoms with E-state index in [0.717, 1.165) is 17.1 Å². The van der Waals surface area contributed by atoms with E-state index in [-0.39, 0.29) is 0 Å². The zero-order valence-corrected chi connectivity index (χ0v) is 27.0. The normalized spacial score (nSPS) is 11.3. The monoisotopic (exact) mass is 623 g/mol. The Balaban J connectivity index is 1.38. The van der Waals surface area contributed by atoms with Crippen LogP contribution in [0.25, 0.3) is 65.7 Å². The lowest BCUT2D eigenvalue weighted by Gasteiger charge is -2.30. The summed E-state index contributed by atoms with van der Waals surface area (Å²) in [6.45, 7) is 0. The largest absolute Gasteiger partial charge is 0.309 e. The van der Waals surface area contributed by atoms with E-state index in [0.29, 0.717) is 0 Å². The third kappa shape index (κ3) is 5.13. The number of nitrogens with zero attached hydrogens (tertiary/aromatic N) is 1. The first-order chi connectivity index (χ1) is 24.3. The van der Waals surface area contributed by atoms with Crippen LogP contribution in [0.1, 0.15) is 0 Å². The van der Waals surface area contributed by atoms with Crippen molar-refractivity contribution >= 4 is 49.4 Å². The van der Waals surface area contributed by atoms with Gasteiger partial charge in [-0.3, -0.25) is 0 Å². The summed E-state index contributed by atoms with van der Waals surface area (Å²) in [5.41, 5.74) is 10.6. The Morgan fingerprint density at radius 2 is 0.816 bits per heavy atom. The number of fused-ring (bicyclic) bond motifs is 4. The molecule has 0 radical (unpaired) electrons. The highest BCUT2D eigenvalue weighted by Gasteiger charge is 2.23. The van der Waals surface area contributed by atoms with Crippen molar-refractivity contribution in [2.45, 2.75) is 0 Å². The summed E-state index contributed by atoms with van der Waals surface area (Å²) in [7, 11) is 0. The van der Waals surface area contributed by atoms with E-state index in [1.165, 1.54) is 65.7 Å². The van der Waals surface area contributed by atoms with Crippen molar-refractivity contribution in [1.82, 2.24) is 0 Å². The van der Waals surface area contributed by atoms with E-state index in [4.69, 9.17) is 0 Å². The second-order valence-electron chi connectivity index (χ2n) is 12.5. The van der Waals surface area contributed by atoms with Gasteiger partial charge in [0.15, 0.2) is 0 Å². The first-order valence-corrected chi connectivity index (χ1v) is 16.9. The summed E-state index contributed by atoms with van der Waals surface area (Å²) in [6, 6.07) is 72.5. The molecule has 0 saturated carbocycles. The van der Waals surface area contributed by atoms with Gasteiger partial charge in [0.2, 0.25) is 0 Å². The van der Waals surface area contributed by atoms with Crippen LogP contribution in [0.3, 0.4) is 0 Å². The number of hydrogen-bond acceptors (Lipinski definition) is 1. The molecular formula is C48H33N. The minimum absolute atomic E-state index is 1.11. The third-order valence-corrected chi connectivity index (χ3v) is 9.65. The Hall–Kier alpha value is -6.44. The number of anilines is 3. The average Bonchev–Trinajstić information content (AvgIpc) is 3.18. The molecular weight excluding hydrogens is 591 g/mol. The van der Waals surface area contributed by atoms with Crippen molar-refractivity contribution in [2.75, 3.05) is 4.90 Å². The number of rotatable bonds is 6. The molecule has 0 bridgehead atoms. The van der Waals surface area contributed by atoms with Crippen LogP contribution in [0.15, 0.2) is 200 Å². The summed E-state index contributed by atoms with van der Waals surface area (Å²) in [4.78, 5) is 2.45. The Labute approximate surface area is 287 Å². The molecule has 9 rings (SSSR count). The molecule has 0 N–H and O–H groups in total. The molecule has 0 atom stereocenters. The molecule has 49 heavy (non-hydrogen) atoms. The van der Waals surface area contributed by atoms with Gasteiger partial charge in [-0.2, -0.15) is 0 Å². The van der Waals surface area contributed by atoms with Gasteiger partial charge in [-0.1, -0.05) is 170 Å². The maximum Gasteiger partial charge on any atom is 0.0546 e. The Kier molecular flexibility index (Phi) is 7.22. The predicted octanol–water partition coefficient (Wildman–Crippen LogP) is 13.6. The Morgan fingerprint density at radius 3 is 1.59 bits per heavy atom. The molecule has 1 heteroatoms. The molecule has 9 aromatic carbocycles. The fraction of sp³-hybridized carbons (Fsp3) is 0. The van der Waals surface area contributed by atoms with Crippen LogP contribution < -0.4 is 4.90 Å². The fourth-order valence-electron chi connectivity index (χ4n) is 7.37. The highest BCUT2D eigenvalue weighted by atomic mass is 15.1. The quantitative estimate of drug-likeness (QED) is 0.167. The summed E-state index contributed by atoms with van der Waals surface area (Å²) >= 11 is 0. The van der Waals surface area contributed by atoms with Gasteiger partial charge in [-0.25, -0.2) is 0 Å². The molecule has 0 heterocycles. The highest BCUT2D eigenvalue weighted by molar-refractivity contribution is 6.17. The van der Waals surface area contributed by atoms with Gasteiger partial charge in [0.25, 0.3) is 0 Å². The van der Waals surface area contributed by atoms with E-state index >= 15 is 0 Å². The summed E-state index contributed by atoms with van der Waals surface area (Å²) in [5, 5.41) is 7.41. The number of benzene rings is 9. The minimum Gasteiger partial charge on any atom is -0.309 e. The van der Waals surface area contributed by atoms with E-state index in [2.05, 4.69) is 205 Å². The zero-order valence-electron chi connectivity index (χ0n) is 27.0. The van der Waals surface area contributed by atoms with Crippen molar-refractivity contribution < 1.29 is 0 Å². The maximum atomic E-state index is 2.45. The SMILES string of the molecule is c1ccc(-c2ccc(-c3cccc(N(c4ccccc4)c4cccc5ccccc45)c3-c3cc4ccccc4c4ccccc34)cc2)cc1. The predicted molar refractivity (Wildman–Crippen MR) is 210 cm³/mol. The van der Waals surface area contributed by atoms with Crippen LogP contribution >= 0.6 is 0 Å². The van der Waals surface area contributed by atoms with Crippen LogP contribution in [-0.2, 0) is 0 Å². The van der Waals surface area contributed by atoms with Gasteiger partial charge in [0.05, 0.1) is 11.4 Å². The number of para-hydroxylation sites is 1. The fourth-order valence-corrected chi connectivity index (χ4v) is 7.37. The van der Waals surface area contributed by atoms with Crippen molar-refractivity contribution in [2.24, 2.45) is 0 Å². The van der Waals surface area contributed by atoms with E-state index in [1.807, 2.05) is 0 Å². The van der Waals surface area contributed by atoms with Gasteiger partial charge in [0, 0.05) is 16.6 Å². The lowest BCUT2D eigenvalue weighted by Crippen LogP contribution is -2.12. The van der Waals surface area contributed by atoms with Crippen molar-refractivity contribution in [3.05, 3.63) is 200 Å². The molecule has 0 fully saturated rings. The average molecular weight is 624 g/mol. The second kappa shape index (κ2) is 12.3. The molecule has 0 unspecified atom stereocenters. The standard InChI is InChI=1S/C48H33N/c1-3-15-34(16-4-1)35-29-31-37(32-30-35)42-26-14-28-47(48(42)45-33-38-18-8-9-22-40(38)43-24-11-12-25-44(43)45)49(39-20-5-2-6-21-39)46-27-13-19-36-17-7-10-23-41(36)46/h1-33H. The summed E-state index contributed by atoms with van der Waals surface area (Å²) in [5.74, 6) is 0. The van der Waals surface area contributed by atoms with Crippen molar-refractivity contribution in [3.63, 3.8) is 0 Å². The van der Waals surface area contributed by atoms with Gasteiger partial charge in [-0.15, -0.1) is 0 Å². The Morgan fingerprint density at radius 1 is 0.286 bits per heavy atom. The van der Waals surface area contributed by atoms with Gasteiger partial charge < -0.3 is 4.90 Å². The molecule has 230 valence electrons. The topological polar surface area (TPSA) is 3.24 Å². The molecule has 9 aromatic rings. The molecule has 0 aliphatic rings. The lowest BCUT2D eigenvalue weighted by molar-refractivity contribution is 1.30. The third-order valence-electron chi connectivity index (χ3n) is 9.65. The molecule has 0 amide bonds. The van der Waals surface area contributed by atoms with Crippen LogP contribution in [0.5, 0.6) is 0 Å². The van der Waals surface area contributed by atoms with Gasteiger partial charge in [-0.05, 0) is 85.1 Å².